The van der Waals surface area contributed by atoms with Crippen molar-refractivity contribution in [2.45, 2.75) is 13.8 Å². The molecule has 5 heteroatoms. The van der Waals surface area contributed by atoms with Crippen molar-refractivity contribution >= 4 is 17.9 Å². The van der Waals surface area contributed by atoms with Crippen LogP contribution in [0.3, 0.4) is 0 Å². The molecule has 5 nitrogen and oxygen atoms in total. The molecule has 0 aliphatic rings. The number of aldehydes is 1. The van der Waals surface area contributed by atoms with Gasteiger partial charge in [-0.15, -0.1) is 0 Å². The zero-order valence-electron chi connectivity index (χ0n) is 12.0. The third-order valence-corrected chi connectivity index (χ3v) is 3.18. The van der Waals surface area contributed by atoms with E-state index in [2.05, 4.69) is 4.90 Å². The topological polar surface area (TPSA) is 59.8 Å². The first-order chi connectivity index (χ1) is 10.2. The number of benzene rings is 1. The number of furan rings is 1. The van der Waals surface area contributed by atoms with Gasteiger partial charge in [-0.3, -0.25) is 4.79 Å². The summed E-state index contributed by atoms with van der Waals surface area (Å²) < 4.78 is 10.3. The van der Waals surface area contributed by atoms with Crippen molar-refractivity contribution in [3.63, 3.8) is 0 Å². The van der Waals surface area contributed by atoms with Crippen LogP contribution in [0.5, 0.6) is 5.75 Å². The quantitative estimate of drug-likeness (QED) is 0.464. The Morgan fingerprint density at radius 3 is 2.62 bits per heavy atom. The van der Waals surface area contributed by atoms with E-state index in [4.69, 9.17) is 9.15 Å². The number of ether oxygens (including phenoxy) is 1. The zero-order chi connectivity index (χ0) is 15.2. The van der Waals surface area contributed by atoms with Gasteiger partial charge in [-0.1, -0.05) is 0 Å². The number of esters is 1. The smallest absolute Gasteiger partial charge is 0.379 e. The normalized spacial score (nSPS) is 10.2. The molecule has 0 radical (unpaired) electrons. The molecule has 1 aromatic carbocycles. The van der Waals surface area contributed by atoms with Gasteiger partial charge in [-0.25, -0.2) is 4.79 Å². The molecule has 0 fully saturated rings. The molecule has 21 heavy (non-hydrogen) atoms. The average molecular weight is 287 g/mol. The van der Waals surface area contributed by atoms with Crippen molar-refractivity contribution in [1.29, 1.82) is 0 Å². The van der Waals surface area contributed by atoms with Gasteiger partial charge in [0.15, 0.2) is 6.29 Å². The lowest BCUT2D eigenvalue weighted by Gasteiger charge is -2.21. The van der Waals surface area contributed by atoms with Crippen LogP contribution in [0.25, 0.3) is 0 Å². The van der Waals surface area contributed by atoms with Crippen molar-refractivity contribution in [1.82, 2.24) is 0 Å². The van der Waals surface area contributed by atoms with Crippen LogP contribution in [0.1, 0.15) is 34.8 Å². The first-order valence-corrected chi connectivity index (χ1v) is 6.79. The third kappa shape index (κ3) is 3.31. The van der Waals surface area contributed by atoms with E-state index >= 15 is 0 Å². The second kappa shape index (κ2) is 6.74. The number of anilines is 1. The van der Waals surface area contributed by atoms with Gasteiger partial charge in [0.05, 0.1) is 11.8 Å². The van der Waals surface area contributed by atoms with E-state index in [0.29, 0.717) is 11.8 Å². The molecule has 2 aromatic rings. The molecule has 2 rings (SSSR count). The van der Waals surface area contributed by atoms with Crippen molar-refractivity contribution < 1.29 is 18.7 Å². The summed E-state index contributed by atoms with van der Waals surface area (Å²) >= 11 is 0. The summed E-state index contributed by atoms with van der Waals surface area (Å²) in [6, 6.07) is 8.28. The summed E-state index contributed by atoms with van der Waals surface area (Å²) in [5, 5.41) is 0. The second-order valence-electron chi connectivity index (χ2n) is 4.38. The number of nitrogens with zero attached hydrogens (tertiary/aromatic N) is 1. The molecule has 1 aromatic heterocycles. The molecule has 1 heterocycles. The summed E-state index contributed by atoms with van der Waals surface area (Å²) in [4.78, 5) is 25.1. The van der Waals surface area contributed by atoms with Crippen LogP contribution >= 0.6 is 0 Å². The Hall–Kier alpha value is -2.56. The average Bonchev–Trinajstić information content (AvgIpc) is 3.03. The Morgan fingerprint density at radius 1 is 1.29 bits per heavy atom. The molecule has 0 unspecified atom stereocenters. The Kier molecular flexibility index (Phi) is 4.77. The van der Waals surface area contributed by atoms with Crippen molar-refractivity contribution in [3.8, 4) is 5.75 Å². The lowest BCUT2D eigenvalue weighted by molar-refractivity contribution is 0.0700. The fourth-order valence-corrected chi connectivity index (χ4v) is 2.04. The van der Waals surface area contributed by atoms with Crippen LogP contribution < -0.4 is 9.64 Å². The summed E-state index contributed by atoms with van der Waals surface area (Å²) in [6.45, 7) is 5.71. The molecule has 0 bridgehead atoms. The molecular formula is C16H17NO4. The second-order valence-corrected chi connectivity index (χ2v) is 4.38. The van der Waals surface area contributed by atoms with Crippen LogP contribution in [0.4, 0.5) is 5.69 Å². The van der Waals surface area contributed by atoms with Gasteiger partial charge in [0.25, 0.3) is 0 Å². The minimum Gasteiger partial charge on any atom is -0.457 e. The molecule has 0 saturated heterocycles. The van der Waals surface area contributed by atoms with Gasteiger partial charge in [0.1, 0.15) is 5.75 Å². The maximum Gasteiger partial charge on any atom is 0.379 e. The van der Waals surface area contributed by atoms with Crippen molar-refractivity contribution in [2.24, 2.45) is 0 Å². The highest BCUT2D eigenvalue weighted by Gasteiger charge is 2.15. The van der Waals surface area contributed by atoms with E-state index in [9.17, 15) is 9.59 Å². The van der Waals surface area contributed by atoms with Crippen LogP contribution in [0, 0.1) is 0 Å². The molecular weight excluding hydrogens is 270 g/mol. The number of hydrogen-bond acceptors (Lipinski definition) is 5. The molecule has 0 spiro atoms. The van der Waals surface area contributed by atoms with Crippen LogP contribution in [0.2, 0.25) is 0 Å². The Morgan fingerprint density at radius 2 is 2.05 bits per heavy atom. The van der Waals surface area contributed by atoms with Gasteiger partial charge in [0.2, 0.25) is 5.76 Å². The first kappa shape index (κ1) is 14.8. The highest BCUT2D eigenvalue weighted by atomic mass is 16.5. The number of hydrogen-bond donors (Lipinski definition) is 0. The Bertz CT molecular complexity index is 615. The van der Waals surface area contributed by atoms with E-state index in [1.165, 1.54) is 12.3 Å². The van der Waals surface area contributed by atoms with E-state index in [-0.39, 0.29) is 11.5 Å². The molecule has 0 aliphatic carbocycles. The van der Waals surface area contributed by atoms with Gasteiger partial charge in [-0.2, -0.15) is 0 Å². The predicted octanol–water partition coefficient (Wildman–Crippen LogP) is 3.16. The lowest BCUT2D eigenvalue weighted by Crippen LogP contribution is -2.22. The van der Waals surface area contributed by atoms with Crippen molar-refractivity contribution in [2.75, 3.05) is 18.0 Å². The maximum atomic E-state index is 11.9. The molecule has 0 atom stereocenters. The van der Waals surface area contributed by atoms with E-state index in [0.717, 1.165) is 18.8 Å². The Balaban J connectivity index is 2.30. The summed E-state index contributed by atoms with van der Waals surface area (Å²) in [6.07, 6.45) is 2.06. The monoisotopic (exact) mass is 287 g/mol. The highest BCUT2D eigenvalue weighted by Crippen LogP contribution is 2.25. The summed E-state index contributed by atoms with van der Waals surface area (Å²) in [5.74, 6) is -0.296. The SMILES string of the molecule is CCN(CC)c1ccc(C=O)c(OC(=O)c2ccco2)c1. The van der Waals surface area contributed by atoms with Crippen LogP contribution in [-0.2, 0) is 0 Å². The third-order valence-electron chi connectivity index (χ3n) is 3.18. The van der Waals surface area contributed by atoms with Crippen LogP contribution in [-0.4, -0.2) is 25.3 Å². The van der Waals surface area contributed by atoms with Gasteiger partial charge in [-0.05, 0) is 38.1 Å². The first-order valence-electron chi connectivity index (χ1n) is 6.79. The molecule has 0 amide bonds. The number of carbonyl (C=O) groups excluding carboxylic acids is 2. The zero-order valence-corrected chi connectivity index (χ0v) is 12.0. The van der Waals surface area contributed by atoms with Gasteiger partial charge < -0.3 is 14.1 Å². The van der Waals surface area contributed by atoms with E-state index in [1.807, 2.05) is 19.9 Å². The molecule has 0 saturated carbocycles. The fraction of sp³-hybridized carbons (Fsp3) is 0.250. The standard InChI is InChI=1S/C16H17NO4/c1-3-17(4-2)13-8-7-12(11-18)15(10-13)21-16(19)14-6-5-9-20-14/h5-11H,3-4H2,1-2H3. The summed E-state index contributed by atoms with van der Waals surface area (Å²) in [5.41, 5.74) is 1.22. The lowest BCUT2D eigenvalue weighted by atomic mass is 10.2. The summed E-state index contributed by atoms with van der Waals surface area (Å²) in [7, 11) is 0. The molecule has 0 aliphatic heterocycles. The highest BCUT2D eigenvalue weighted by molar-refractivity contribution is 5.90. The maximum absolute atomic E-state index is 11.9. The number of carbonyl (C=O) groups is 2. The predicted molar refractivity (Wildman–Crippen MR) is 79.1 cm³/mol. The van der Waals surface area contributed by atoms with Gasteiger partial charge >= 0.3 is 5.97 Å². The van der Waals surface area contributed by atoms with Crippen molar-refractivity contribution in [3.05, 3.63) is 47.9 Å². The largest absolute Gasteiger partial charge is 0.457 e. The number of rotatable bonds is 6. The minimum absolute atomic E-state index is 0.0973. The minimum atomic E-state index is -0.625. The van der Waals surface area contributed by atoms with Crippen LogP contribution in [0.15, 0.2) is 41.0 Å². The van der Waals surface area contributed by atoms with E-state index in [1.54, 1.807) is 18.2 Å². The molecule has 110 valence electrons. The fourth-order valence-electron chi connectivity index (χ4n) is 2.04. The molecule has 0 N–H and O–H groups in total. The Labute approximate surface area is 123 Å². The van der Waals surface area contributed by atoms with Gasteiger partial charge in [0, 0.05) is 24.8 Å². The van der Waals surface area contributed by atoms with E-state index < -0.39 is 5.97 Å².